The highest BCUT2D eigenvalue weighted by Gasteiger charge is 2.28. The Morgan fingerprint density at radius 1 is 1.16 bits per heavy atom. The van der Waals surface area contributed by atoms with Crippen LogP contribution in [0.2, 0.25) is 0 Å². The number of benzene rings is 2. The van der Waals surface area contributed by atoms with Crippen LogP contribution in [0.25, 0.3) is 10.2 Å². The molecule has 10 nitrogen and oxygen atoms in total. The van der Waals surface area contributed by atoms with E-state index >= 15 is 0 Å². The molecule has 38 heavy (non-hydrogen) atoms. The van der Waals surface area contributed by atoms with Crippen molar-refractivity contribution in [2.24, 2.45) is 0 Å². The minimum atomic E-state index is -0.384. The van der Waals surface area contributed by atoms with Crippen LogP contribution in [0.15, 0.2) is 30.3 Å². The molecule has 0 aliphatic carbocycles. The van der Waals surface area contributed by atoms with Gasteiger partial charge in [-0.1, -0.05) is 17.4 Å². The number of thiazole rings is 1. The molecule has 0 saturated carbocycles. The summed E-state index contributed by atoms with van der Waals surface area (Å²) in [5.74, 6) is 0.345. The topological polar surface area (TPSA) is 101 Å². The van der Waals surface area contributed by atoms with Crippen LogP contribution < -0.4 is 14.5 Å². The molecule has 5 rings (SSSR count). The van der Waals surface area contributed by atoms with Crippen LogP contribution in [-0.2, 0) is 4.74 Å². The normalized spacial score (nSPS) is 16.5. The fourth-order valence-electron chi connectivity index (χ4n) is 5.09. The van der Waals surface area contributed by atoms with Gasteiger partial charge in [-0.05, 0) is 49.9 Å². The maximum atomic E-state index is 14.0. The monoisotopic (exact) mass is 539 g/mol. The first-order chi connectivity index (χ1) is 18.5. The highest BCUT2D eigenvalue weighted by molar-refractivity contribution is 7.22. The number of aromatic nitrogens is 1. The summed E-state index contributed by atoms with van der Waals surface area (Å²) in [5, 5.41) is 12.6. The number of hydrogen-bond acceptors (Lipinski definition) is 9. The minimum absolute atomic E-state index is 0.0345. The summed E-state index contributed by atoms with van der Waals surface area (Å²) < 4.78 is 12.0. The first kappa shape index (κ1) is 26.3. The Morgan fingerprint density at radius 2 is 1.92 bits per heavy atom. The number of amides is 1. The summed E-state index contributed by atoms with van der Waals surface area (Å²) in [6, 6.07) is 8.71. The lowest BCUT2D eigenvalue weighted by Crippen LogP contribution is -2.43. The number of nitro groups is 1. The number of nitrogens with zero attached hydrogens (tertiary/aromatic N) is 5. The van der Waals surface area contributed by atoms with Crippen LogP contribution in [0.1, 0.15) is 35.2 Å². The Labute approximate surface area is 225 Å². The van der Waals surface area contributed by atoms with E-state index in [1.807, 2.05) is 19.1 Å². The summed E-state index contributed by atoms with van der Waals surface area (Å²) >= 11 is 1.44. The standard InChI is InChI=1S/C27H33N5O5S/c1-19-6-9-23(36-2)24-25(19)38-27(28-24)31(13-12-29-14-16-37-17-15-29)26(33)20-7-8-21(22(18-20)32(34)35)30-10-4-3-5-11-30/h6-9,18H,3-5,10-17H2,1-2H3. The summed E-state index contributed by atoms with van der Waals surface area (Å²) in [6.45, 7) is 7.55. The first-order valence-corrected chi connectivity index (χ1v) is 13.9. The van der Waals surface area contributed by atoms with Crippen molar-refractivity contribution < 1.29 is 19.2 Å². The zero-order chi connectivity index (χ0) is 26.6. The van der Waals surface area contributed by atoms with E-state index in [1.54, 1.807) is 24.1 Å². The Hall–Kier alpha value is -3.28. The number of fused-ring (bicyclic) bond motifs is 1. The van der Waals surface area contributed by atoms with Crippen LogP contribution in [0.3, 0.4) is 0 Å². The quantitative estimate of drug-likeness (QED) is 0.305. The highest BCUT2D eigenvalue weighted by atomic mass is 32.1. The van der Waals surface area contributed by atoms with Gasteiger partial charge in [0.25, 0.3) is 11.6 Å². The molecule has 0 N–H and O–H groups in total. The molecule has 11 heteroatoms. The lowest BCUT2D eigenvalue weighted by Gasteiger charge is -2.30. The molecule has 1 aromatic heterocycles. The smallest absolute Gasteiger partial charge is 0.293 e. The van der Waals surface area contributed by atoms with E-state index < -0.39 is 0 Å². The molecule has 2 aliphatic rings. The number of morpholine rings is 1. The Balaban J connectivity index is 1.50. The third-order valence-corrected chi connectivity index (χ3v) is 8.46. The van der Waals surface area contributed by atoms with Crippen LogP contribution >= 0.6 is 11.3 Å². The second-order valence-corrected chi connectivity index (χ2v) is 10.7. The highest BCUT2D eigenvalue weighted by Crippen LogP contribution is 2.37. The number of aryl methyl sites for hydroxylation is 1. The molecule has 0 spiro atoms. The molecule has 2 aliphatic heterocycles. The molecule has 3 heterocycles. The number of methoxy groups -OCH3 is 1. The van der Waals surface area contributed by atoms with E-state index in [0.717, 1.165) is 55.7 Å². The van der Waals surface area contributed by atoms with Crippen molar-refractivity contribution in [3.8, 4) is 5.75 Å². The molecule has 0 unspecified atom stereocenters. The van der Waals surface area contributed by atoms with Gasteiger partial charge in [-0.3, -0.25) is 24.7 Å². The second kappa shape index (κ2) is 11.6. The fourth-order valence-corrected chi connectivity index (χ4v) is 6.17. The SMILES string of the molecule is COc1ccc(C)c2sc(N(CCN3CCOCC3)C(=O)c3ccc(N4CCCCC4)c([N+](=O)[O-])c3)nc12. The van der Waals surface area contributed by atoms with Crippen LogP contribution in [0, 0.1) is 17.0 Å². The average Bonchev–Trinajstić information content (AvgIpc) is 3.40. The summed E-state index contributed by atoms with van der Waals surface area (Å²) in [7, 11) is 1.60. The van der Waals surface area contributed by atoms with Crippen LogP contribution in [0.4, 0.5) is 16.5 Å². The second-order valence-electron chi connectivity index (χ2n) is 9.68. The van der Waals surface area contributed by atoms with Gasteiger partial charge in [0.2, 0.25) is 0 Å². The third-order valence-electron chi connectivity index (χ3n) is 7.25. The Morgan fingerprint density at radius 3 is 2.63 bits per heavy atom. The van der Waals surface area contributed by atoms with Crippen molar-refractivity contribution in [2.75, 3.05) is 69.4 Å². The number of rotatable bonds is 8. The van der Waals surface area contributed by atoms with Crippen molar-refractivity contribution in [3.05, 3.63) is 51.6 Å². The van der Waals surface area contributed by atoms with E-state index in [1.165, 1.54) is 17.4 Å². The van der Waals surface area contributed by atoms with Gasteiger partial charge >= 0.3 is 0 Å². The Kier molecular flexibility index (Phi) is 8.06. The molecule has 2 saturated heterocycles. The molecule has 2 aromatic carbocycles. The van der Waals surface area contributed by atoms with E-state index in [9.17, 15) is 14.9 Å². The number of carbonyl (C=O) groups excluding carboxylic acids is 1. The lowest BCUT2D eigenvalue weighted by molar-refractivity contribution is -0.384. The van der Waals surface area contributed by atoms with E-state index in [0.29, 0.717) is 48.4 Å². The van der Waals surface area contributed by atoms with E-state index in [2.05, 4.69) is 9.80 Å². The molecule has 0 bridgehead atoms. The first-order valence-electron chi connectivity index (χ1n) is 13.1. The molecule has 1 amide bonds. The molecular formula is C27H33N5O5S. The zero-order valence-electron chi connectivity index (χ0n) is 21.9. The predicted molar refractivity (Wildman–Crippen MR) is 149 cm³/mol. The van der Waals surface area contributed by atoms with Gasteiger partial charge in [0, 0.05) is 50.9 Å². The van der Waals surface area contributed by atoms with Crippen molar-refractivity contribution >= 4 is 44.0 Å². The lowest BCUT2D eigenvalue weighted by atomic mass is 10.1. The number of ether oxygens (including phenoxy) is 2. The molecule has 0 atom stereocenters. The van der Waals surface area contributed by atoms with Crippen molar-refractivity contribution in [2.45, 2.75) is 26.2 Å². The number of hydrogen-bond donors (Lipinski definition) is 0. The molecule has 202 valence electrons. The number of carbonyl (C=O) groups is 1. The number of nitro benzene ring substituents is 1. The van der Waals surface area contributed by atoms with Gasteiger partial charge in [-0.25, -0.2) is 4.98 Å². The fraction of sp³-hybridized carbons (Fsp3) is 0.481. The molecule has 2 fully saturated rings. The average molecular weight is 540 g/mol. The molecule has 0 radical (unpaired) electrons. The number of piperidine rings is 1. The van der Waals surface area contributed by atoms with Gasteiger partial charge in [0.1, 0.15) is 17.0 Å². The minimum Gasteiger partial charge on any atom is -0.494 e. The maximum absolute atomic E-state index is 14.0. The molecule has 3 aromatic rings. The summed E-state index contributed by atoms with van der Waals surface area (Å²) in [4.78, 5) is 36.4. The third kappa shape index (κ3) is 5.45. The molecular weight excluding hydrogens is 506 g/mol. The largest absolute Gasteiger partial charge is 0.494 e. The van der Waals surface area contributed by atoms with Gasteiger partial charge in [-0.2, -0.15) is 0 Å². The van der Waals surface area contributed by atoms with Gasteiger partial charge in [-0.15, -0.1) is 0 Å². The number of anilines is 2. The predicted octanol–water partition coefficient (Wildman–Crippen LogP) is 4.49. The van der Waals surface area contributed by atoms with Gasteiger partial charge < -0.3 is 14.4 Å². The summed E-state index contributed by atoms with van der Waals surface area (Å²) in [6.07, 6.45) is 3.15. The van der Waals surface area contributed by atoms with Crippen LogP contribution in [-0.4, -0.2) is 80.3 Å². The van der Waals surface area contributed by atoms with Crippen molar-refractivity contribution in [1.29, 1.82) is 0 Å². The zero-order valence-corrected chi connectivity index (χ0v) is 22.7. The Bertz CT molecular complexity index is 1320. The van der Waals surface area contributed by atoms with Crippen molar-refractivity contribution in [3.63, 3.8) is 0 Å². The maximum Gasteiger partial charge on any atom is 0.293 e. The summed E-state index contributed by atoms with van der Waals surface area (Å²) in [5.41, 5.74) is 2.58. The van der Waals surface area contributed by atoms with Gasteiger partial charge in [0.05, 0.1) is 29.9 Å². The van der Waals surface area contributed by atoms with Crippen molar-refractivity contribution in [1.82, 2.24) is 9.88 Å². The van der Waals surface area contributed by atoms with Gasteiger partial charge in [0.15, 0.2) is 5.13 Å². The van der Waals surface area contributed by atoms with E-state index in [-0.39, 0.29) is 22.1 Å². The van der Waals surface area contributed by atoms with E-state index in [4.69, 9.17) is 14.5 Å². The van der Waals surface area contributed by atoms with Crippen LogP contribution in [0.5, 0.6) is 5.75 Å².